The third-order valence-electron chi connectivity index (χ3n) is 8.41. The van der Waals surface area contributed by atoms with Crippen LogP contribution in [-0.2, 0) is 38.8 Å². The molecule has 1 saturated carbocycles. The highest BCUT2D eigenvalue weighted by Crippen LogP contribution is 2.48. The number of carbonyl (C=O) groups is 2. The number of hydrogen-bond donors (Lipinski definition) is 4. The van der Waals surface area contributed by atoms with E-state index in [9.17, 15) is 30.0 Å². The van der Waals surface area contributed by atoms with Crippen LogP contribution in [0.25, 0.3) is 21.9 Å². The van der Waals surface area contributed by atoms with Gasteiger partial charge in [0.15, 0.2) is 23.7 Å². The molecule has 3 heterocycles. The van der Waals surface area contributed by atoms with E-state index in [1.165, 1.54) is 0 Å². The Morgan fingerprint density at radius 1 is 0.930 bits per heavy atom. The lowest BCUT2D eigenvalue weighted by Crippen LogP contribution is -2.59. The molecule has 0 radical (unpaired) electrons. The molecule has 0 spiro atoms. The second-order valence-corrected chi connectivity index (χ2v) is 11.2. The molecule has 5 atom stereocenters. The standard InChI is InChI=1S/C31H30O12/c1-13-25(34)28(42-29(36)14-2-3-14)26(35)31(41-13)43-27-19-7-17(10-33)16(9-32)6-18(19)23(24-20(27)11-38-30(24)37)15-4-5-21-22(8-15)40-12-39-21/h4-8,13-14,25-26,28,31-35H,2-3,9-12H2,1H3/t13-,25-,26-,28+,31?/m1/s1. The van der Waals surface area contributed by atoms with Crippen molar-refractivity contribution < 1.29 is 58.4 Å². The smallest absolute Gasteiger partial charge is 0.339 e. The molecule has 1 saturated heterocycles. The first-order chi connectivity index (χ1) is 20.8. The monoisotopic (exact) mass is 594 g/mol. The van der Waals surface area contributed by atoms with E-state index in [0.29, 0.717) is 62.9 Å². The number of ether oxygens (including phenoxy) is 6. The molecule has 4 aliphatic rings. The van der Waals surface area contributed by atoms with Crippen LogP contribution < -0.4 is 14.2 Å². The first kappa shape index (κ1) is 27.9. The van der Waals surface area contributed by atoms with E-state index in [1.54, 1.807) is 37.3 Å². The Morgan fingerprint density at radius 3 is 2.37 bits per heavy atom. The first-order valence-corrected chi connectivity index (χ1v) is 14.1. The highest BCUT2D eigenvalue weighted by atomic mass is 16.7. The second kappa shape index (κ2) is 10.6. The van der Waals surface area contributed by atoms with Crippen molar-refractivity contribution in [3.05, 3.63) is 52.6 Å². The minimum atomic E-state index is -1.57. The predicted molar refractivity (Wildman–Crippen MR) is 146 cm³/mol. The highest BCUT2D eigenvalue weighted by Gasteiger charge is 2.48. The van der Waals surface area contributed by atoms with Crippen molar-refractivity contribution in [3.8, 4) is 28.4 Å². The van der Waals surface area contributed by atoms with E-state index >= 15 is 0 Å². The number of hydrogen-bond acceptors (Lipinski definition) is 12. The molecule has 12 heteroatoms. The number of fused-ring (bicyclic) bond motifs is 3. The van der Waals surface area contributed by atoms with Crippen LogP contribution in [0.2, 0.25) is 0 Å². The third-order valence-corrected chi connectivity index (χ3v) is 8.41. The van der Waals surface area contributed by atoms with Gasteiger partial charge in [-0.1, -0.05) is 6.07 Å². The number of aliphatic hydroxyl groups excluding tert-OH is 4. The van der Waals surface area contributed by atoms with Crippen LogP contribution in [0.3, 0.4) is 0 Å². The van der Waals surface area contributed by atoms with E-state index in [4.69, 9.17) is 28.4 Å². The predicted octanol–water partition coefficient (Wildman–Crippen LogP) is 2.06. The summed E-state index contributed by atoms with van der Waals surface area (Å²) < 4.78 is 34.2. The summed E-state index contributed by atoms with van der Waals surface area (Å²) in [6.45, 7) is 0.726. The fraction of sp³-hybridized carbons (Fsp3) is 0.419. The van der Waals surface area contributed by atoms with Crippen LogP contribution in [0.1, 0.15) is 46.8 Å². The highest BCUT2D eigenvalue weighted by molar-refractivity contribution is 6.13. The second-order valence-electron chi connectivity index (χ2n) is 11.2. The lowest BCUT2D eigenvalue weighted by Gasteiger charge is -2.41. The van der Waals surface area contributed by atoms with Gasteiger partial charge in [-0.25, -0.2) is 4.79 Å². The van der Waals surface area contributed by atoms with Crippen LogP contribution in [0, 0.1) is 5.92 Å². The number of rotatable bonds is 7. The van der Waals surface area contributed by atoms with Crippen LogP contribution >= 0.6 is 0 Å². The van der Waals surface area contributed by atoms with Gasteiger partial charge in [-0.3, -0.25) is 4.79 Å². The quantitative estimate of drug-likeness (QED) is 0.294. The lowest BCUT2D eigenvalue weighted by molar-refractivity contribution is -0.273. The molecule has 7 rings (SSSR count). The van der Waals surface area contributed by atoms with Crippen molar-refractivity contribution in [2.75, 3.05) is 6.79 Å². The molecule has 0 amide bonds. The Labute approximate surface area is 245 Å². The van der Waals surface area contributed by atoms with Crippen molar-refractivity contribution in [1.82, 2.24) is 0 Å². The van der Waals surface area contributed by atoms with Gasteiger partial charge in [-0.15, -0.1) is 0 Å². The van der Waals surface area contributed by atoms with Gasteiger partial charge in [0.1, 0.15) is 18.5 Å². The van der Waals surface area contributed by atoms with Crippen molar-refractivity contribution >= 4 is 22.7 Å². The number of esters is 2. The summed E-state index contributed by atoms with van der Waals surface area (Å²) in [4.78, 5) is 25.7. The fourth-order valence-electron chi connectivity index (χ4n) is 5.90. The van der Waals surface area contributed by atoms with Gasteiger partial charge in [0.25, 0.3) is 0 Å². The average molecular weight is 595 g/mol. The number of benzene rings is 3. The molecule has 226 valence electrons. The van der Waals surface area contributed by atoms with Crippen molar-refractivity contribution in [2.24, 2.45) is 5.92 Å². The largest absolute Gasteiger partial charge is 0.461 e. The van der Waals surface area contributed by atoms with Crippen LogP contribution in [-0.4, -0.2) is 69.9 Å². The number of carbonyl (C=O) groups excluding carboxylic acids is 2. The molecule has 2 fully saturated rings. The molecule has 43 heavy (non-hydrogen) atoms. The molecule has 1 aliphatic carbocycles. The maximum atomic E-state index is 13.3. The molecule has 3 aromatic carbocycles. The molecule has 0 aromatic heterocycles. The van der Waals surface area contributed by atoms with Crippen molar-refractivity contribution in [2.45, 2.75) is 70.3 Å². The van der Waals surface area contributed by atoms with E-state index < -0.39 is 42.6 Å². The minimum absolute atomic E-state index is 0.0643. The maximum absolute atomic E-state index is 13.3. The zero-order valence-corrected chi connectivity index (χ0v) is 23.1. The van der Waals surface area contributed by atoms with Gasteiger partial charge in [-0.05, 0) is 66.1 Å². The summed E-state index contributed by atoms with van der Waals surface area (Å²) in [5.74, 6) is -0.149. The molecule has 3 aliphatic heterocycles. The molecular formula is C31H30O12. The number of aliphatic hydroxyl groups is 4. The lowest BCUT2D eigenvalue weighted by atomic mass is 9.87. The summed E-state index contributed by atoms with van der Waals surface area (Å²) in [5, 5.41) is 43.1. The molecule has 12 nitrogen and oxygen atoms in total. The van der Waals surface area contributed by atoms with Crippen LogP contribution in [0.15, 0.2) is 30.3 Å². The summed E-state index contributed by atoms with van der Waals surface area (Å²) in [5.41, 5.74) is 2.58. The van der Waals surface area contributed by atoms with Gasteiger partial charge in [0, 0.05) is 16.5 Å². The molecule has 0 bridgehead atoms. The minimum Gasteiger partial charge on any atom is -0.461 e. The van der Waals surface area contributed by atoms with Crippen molar-refractivity contribution in [3.63, 3.8) is 0 Å². The summed E-state index contributed by atoms with van der Waals surface area (Å²) >= 11 is 0. The Morgan fingerprint density at radius 2 is 1.65 bits per heavy atom. The average Bonchev–Trinajstić information content (AvgIpc) is 3.65. The zero-order valence-electron chi connectivity index (χ0n) is 23.1. The maximum Gasteiger partial charge on any atom is 0.339 e. The number of cyclic esters (lactones) is 1. The molecule has 1 unspecified atom stereocenters. The molecule has 3 aromatic rings. The van der Waals surface area contributed by atoms with E-state index in [2.05, 4.69) is 0 Å². The summed E-state index contributed by atoms with van der Waals surface area (Å²) in [7, 11) is 0. The van der Waals surface area contributed by atoms with Gasteiger partial charge in [0.2, 0.25) is 13.1 Å². The Bertz CT molecular complexity index is 1630. The van der Waals surface area contributed by atoms with Gasteiger partial charge in [0.05, 0.1) is 30.8 Å². The van der Waals surface area contributed by atoms with Gasteiger partial charge < -0.3 is 48.8 Å². The van der Waals surface area contributed by atoms with E-state index in [0.717, 1.165) is 0 Å². The van der Waals surface area contributed by atoms with Crippen molar-refractivity contribution in [1.29, 1.82) is 0 Å². The van der Waals surface area contributed by atoms with Crippen LogP contribution in [0.5, 0.6) is 17.2 Å². The molecular weight excluding hydrogens is 564 g/mol. The van der Waals surface area contributed by atoms with E-state index in [1.807, 2.05) is 0 Å². The topological polar surface area (TPSA) is 170 Å². The zero-order chi connectivity index (χ0) is 30.0. The summed E-state index contributed by atoms with van der Waals surface area (Å²) in [6, 6.07) is 8.58. The Balaban J connectivity index is 1.38. The Hall–Kier alpha value is -3.94. The van der Waals surface area contributed by atoms with Crippen LogP contribution in [0.4, 0.5) is 0 Å². The molecule has 4 N–H and O–H groups in total. The van der Waals surface area contributed by atoms with E-state index in [-0.39, 0.29) is 43.8 Å². The normalized spacial score (nSPS) is 25.9. The third kappa shape index (κ3) is 4.66. The SMILES string of the molecule is C[C@H]1OC(Oc2c3c(c(-c4ccc5c(c4)OCO5)c4cc(CO)c(CO)cc24)C(=O)OC3)[C@H](O)[C@@H](OC(=O)C2CC2)[C@@H]1O. The fourth-order valence-corrected chi connectivity index (χ4v) is 5.90. The Kier molecular flexibility index (Phi) is 6.90. The van der Waals surface area contributed by atoms with Gasteiger partial charge >= 0.3 is 11.9 Å². The van der Waals surface area contributed by atoms with Gasteiger partial charge in [-0.2, -0.15) is 0 Å². The first-order valence-electron chi connectivity index (χ1n) is 14.1. The summed E-state index contributed by atoms with van der Waals surface area (Å²) in [6.07, 6.45) is -5.06.